The fourth-order valence-electron chi connectivity index (χ4n) is 2.81. The lowest BCUT2D eigenvalue weighted by Crippen LogP contribution is -2.37. The molecular formula is C15H21FN2O. The highest BCUT2D eigenvalue weighted by Crippen LogP contribution is 2.34. The predicted octanol–water partition coefficient (Wildman–Crippen LogP) is 2.19. The molecule has 104 valence electrons. The van der Waals surface area contributed by atoms with Gasteiger partial charge in [0.15, 0.2) is 0 Å². The first kappa shape index (κ1) is 14.0. The first-order valence-electron chi connectivity index (χ1n) is 6.90. The highest BCUT2D eigenvalue weighted by atomic mass is 19.1. The molecule has 0 spiro atoms. The molecule has 2 N–H and O–H groups in total. The molecule has 4 heteroatoms. The normalized spacial score (nSPS) is 22.4. The molecule has 1 amide bonds. The number of benzene rings is 1. The summed E-state index contributed by atoms with van der Waals surface area (Å²) in [6.07, 6.45) is 3.48. The minimum Gasteiger partial charge on any atom is -0.355 e. The van der Waals surface area contributed by atoms with Crippen molar-refractivity contribution in [2.45, 2.75) is 38.1 Å². The van der Waals surface area contributed by atoms with E-state index >= 15 is 0 Å². The maximum absolute atomic E-state index is 12.9. The van der Waals surface area contributed by atoms with Crippen LogP contribution in [0.3, 0.4) is 0 Å². The summed E-state index contributed by atoms with van der Waals surface area (Å²) in [6.45, 7) is 2.96. The smallest absolute Gasteiger partial charge is 0.216 e. The van der Waals surface area contributed by atoms with E-state index in [4.69, 9.17) is 0 Å². The van der Waals surface area contributed by atoms with Crippen molar-refractivity contribution >= 4 is 5.91 Å². The molecule has 0 aliphatic heterocycles. The maximum atomic E-state index is 12.9. The third-order valence-electron chi connectivity index (χ3n) is 3.72. The molecule has 1 aromatic carbocycles. The topological polar surface area (TPSA) is 41.1 Å². The van der Waals surface area contributed by atoms with Crippen LogP contribution in [0, 0.1) is 5.82 Å². The summed E-state index contributed by atoms with van der Waals surface area (Å²) in [4.78, 5) is 10.8. The van der Waals surface area contributed by atoms with Crippen molar-refractivity contribution in [2.24, 2.45) is 0 Å². The number of hydrogen-bond donors (Lipinski definition) is 2. The number of hydrogen-bond acceptors (Lipinski definition) is 2. The molecule has 2 rings (SSSR count). The summed E-state index contributed by atoms with van der Waals surface area (Å²) in [5, 5.41) is 6.27. The van der Waals surface area contributed by atoms with Gasteiger partial charge < -0.3 is 10.6 Å². The summed E-state index contributed by atoms with van der Waals surface area (Å²) in [6, 6.07) is 7.25. The Hall–Kier alpha value is -1.42. The van der Waals surface area contributed by atoms with Gasteiger partial charge in [0.05, 0.1) is 0 Å². The van der Waals surface area contributed by atoms with Crippen LogP contribution in [-0.4, -0.2) is 25.0 Å². The van der Waals surface area contributed by atoms with Crippen molar-refractivity contribution in [1.82, 2.24) is 10.6 Å². The van der Waals surface area contributed by atoms with E-state index in [-0.39, 0.29) is 11.7 Å². The molecule has 1 aliphatic rings. The standard InChI is InChI=1S/C15H21FN2O/c1-11(19)17-9-10-18-15-4-2-3-14(15)12-5-7-13(16)8-6-12/h5-8,14-15,18H,2-4,9-10H2,1H3,(H,17,19)/t14-,15-/m0/s1. The quantitative estimate of drug-likeness (QED) is 0.800. The largest absolute Gasteiger partial charge is 0.355 e. The molecule has 0 unspecified atom stereocenters. The molecule has 0 aromatic heterocycles. The Bertz CT molecular complexity index is 419. The molecule has 2 atom stereocenters. The maximum Gasteiger partial charge on any atom is 0.216 e. The van der Waals surface area contributed by atoms with Gasteiger partial charge in [-0.15, -0.1) is 0 Å². The number of carbonyl (C=O) groups is 1. The van der Waals surface area contributed by atoms with E-state index in [1.165, 1.54) is 31.0 Å². The fraction of sp³-hybridized carbons (Fsp3) is 0.533. The number of nitrogens with one attached hydrogen (secondary N) is 2. The van der Waals surface area contributed by atoms with Gasteiger partial charge >= 0.3 is 0 Å². The van der Waals surface area contributed by atoms with Crippen molar-refractivity contribution in [3.8, 4) is 0 Å². The average Bonchev–Trinajstić information content (AvgIpc) is 2.84. The number of rotatable bonds is 5. The van der Waals surface area contributed by atoms with Crippen molar-refractivity contribution in [2.75, 3.05) is 13.1 Å². The van der Waals surface area contributed by atoms with Crippen LogP contribution in [0.4, 0.5) is 4.39 Å². The average molecular weight is 264 g/mol. The Labute approximate surface area is 113 Å². The van der Waals surface area contributed by atoms with Gasteiger partial charge in [0.2, 0.25) is 5.91 Å². The second kappa shape index (κ2) is 6.66. The number of amides is 1. The summed E-state index contributed by atoms with van der Waals surface area (Å²) < 4.78 is 12.9. The van der Waals surface area contributed by atoms with Crippen LogP contribution in [0.1, 0.15) is 37.7 Å². The zero-order chi connectivity index (χ0) is 13.7. The van der Waals surface area contributed by atoms with E-state index in [2.05, 4.69) is 10.6 Å². The molecule has 19 heavy (non-hydrogen) atoms. The van der Waals surface area contributed by atoms with E-state index in [0.717, 1.165) is 19.4 Å². The Morgan fingerprint density at radius 2 is 2.00 bits per heavy atom. The predicted molar refractivity (Wildman–Crippen MR) is 73.5 cm³/mol. The SMILES string of the molecule is CC(=O)NCCN[C@H]1CCC[C@H]1c1ccc(F)cc1. The minimum absolute atomic E-state index is 0.00306. The van der Waals surface area contributed by atoms with Crippen LogP contribution in [-0.2, 0) is 4.79 Å². The Balaban J connectivity index is 1.86. The highest BCUT2D eigenvalue weighted by molar-refractivity contribution is 5.72. The molecule has 0 radical (unpaired) electrons. The van der Waals surface area contributed by atoms with Crippen LogP contribution >= 0.6 is 0 Å². The van der Waals surface area contributed by atoms with Gasteiger partial charge in [-0.05, 0) is 36.5 Å². The molecule has 0 heterocycles. The third-order valence-corrected chi connectivity index (χ3v) is 3.72. The molecule has 1 fully saturated rings. The van der Waals surface area contributed by atoms with E-state index in [1.807, 2.05) is 12.1 Å². The number of halogens is 1. The minimum atomic E-state index is -0.183. The van der Waals surface area contributed by atoms with Gasteiger partial charge in [-0.2, -0.15) is 0 Å². The van der Waals surface area contributed by atoms with Crippen molar-refractivity contribution < 1.29 is 9.18 Å². The highest BCUT2D eigenvalue weighted by Gasteiger charge is 2.27. The molecular weight excluding hydrogens is 243 g/mol. The molecule has 1 saturated carbocycles. The van der Waals surface area contributed by atoms with Crippen molar-refractivity contribution in [3.05, 3.63) is 35.6 Å². The molecule has 1 aromatic rings. The summed E-state index contributed by atoms with van der Waals surface area (Å²) in [5.74, 6) is 0.276. The van der Waals surface area contributed by atoms with Gasteiger partial charge in [0.25, 0.3) is 0 Å². The number of carbonyl (C=O) groups excluding carboxylic acids is 1. The van der Waals surface area contributed by atoms with Crippen molar-refractivity contribution in [1.29, 1.82) is 0 Å². The van der Waals surface area contributed by atoms with Gasteiger partial charge in [-0.3, -0.25) is 4.79 Å². The van der Waals surface area contributed by atoms with E-state index in [0.29, 0.717) is 18.5 Å². The van der Waals surface area contributed by atoms with Gasteiger partial charge in [-0.1, -0.05) is 18.6 Å². The zero-order valence-electron chi connectivity index (χ0n) is 11.3. The van der Waals surface area contributed by atoms with Gasteiger partial charge in [0.1, 0.15) is 5.82 Å². The molecule has 1 aliphatic carbocycles. The van der Waals surface area contributed by atoms with Crippen LogP contribution in [0.5, 0.6) is 0 Å². The third kappa shape index (κ3) is 4.03. The van der Waals surface area contributed by atoms with Gasteiger partial charge in [-0.25, -0.2) is 4.39 Å². The lowest BCUT2D eigenvalue weighted by molar-refractivity contribution is -0.118. The lowest BCUT2D eigenvalue weighted by atomic mass is 9.94. The monoisotopic (exact) mass is 264 g/mol. The zero-order valence-corrected chi connectivity index (χ0v) is 11.3. The van der Waals surface area contributed by atoms with Gasteiger partial charge in [0, 0.05) is 26.1 Å². The second-order valence-corrected chi connectivity index (χ2v) is 5.13. The summed E-state index contributed by atoms with van der Waals surface area (Å²) in [7, 11) is 0. The molecule has 3 nitrogen and oxygen atoms in total. The Kier molecular flexibility index (Phi) is 4.91. The van der Waals surface area contributed by atoms with Crippen LogP contribution < -0.4 is 10.6 Å². The van der Waals surface area contributed by atoms with Crippen LogP contribution in [0.2, 0.25) is 0 Å². The summed E-state index contributed by atoms with van der Waals surface area (Å²) in [5.41, 5.74) is 1.20. The van der Waals surface area contributed by atoms with E-state index in [9.17, 15) is 9.18 Å². The van der Waals surface area contributed by atoms with Crippen molar-refractivity contribution in [3.63, 3.8) is 0 Å². The Morgan fingerprint density at radius 1 is 1.26 bits per heavy atom. The van der Waals surface area contributed by atoms with E-state index < -0.39 is 0 Å². The molecule has 0 bridgehead atoms. The second-order valence-electron chi connectivity index (χ2n) is 5.13. The van der Waals surface area contributed by atoms with Crippen LogP contribution in [0.25, 0.3) is 0 Å². The first-order valence-corrected chi connectivity index (χ1v) is 6.90. The fourth-order valence-corrected chi connectivity index (χ4v) is 2.81. The first-order chi connectivity index (χ1) is 9.16. The lowest BCUT2D eigenvalue weighted by Gasteiger charge is -2.21. The molecule has 0 saturated heterocycles. The summed E-state index contributed by atoms with van der Waals surface area (Å²) >= 11 is 0. The van der Waals surface area contributed by atoms with E-state index in [1.54, 1.807) is 0 Å². The van der Waals surface area contributed by atoms with Crippen LogP contribution in [0.15, 0.2) is 24.3 Å². The Morgan fingerprint density at radius 3 is 2.68 bits per heavy atom.